The maximum Gasteiger partial charge on any atom is 0.165 e. The number of benzene rings is 2. The Morgan fingerprint density at radius 2 is 1.96 bits per heavy atom. The summed E-state index contributed by atoms with van der Waals surface area (Å²) in [6, 6.07) is 12.4. The number of methoxy groups -OCH3 is 1. The maximum atomic E-state index is 13.5. The van der Waals surface area contributed by atoms with E-state index in [9.17, 15) is 14.6 Å². The average molecular weight is 345 g/mol. The lowest BCUT2D eigenvalue weighted by Crippen LogP contribution is -2.34. The Balaban J connectivity index is 1.52. The number of ether oxygens (including phenoxy) is 1. The molecule has 3 unspecified atom stereocenters. The van der Waals surface area contributed by atoms with Crippen LogP contribution in [-0.4, -0.2) is 29.4 Å². The number of phenolic OH excluding ortho intramolecular Hbond substituents is 1. The van der Waals surface area contributed by atoms with E-state index < -0.39 is 17.7 Å². The molecule has 0 amide bonds. The van der Waals surface area contributed by atoms with Crippen LogP contribution in [0.5, 0.6) is 11.5 Å². The van der Waals surface area contributed by atoms with E-state index in [2.05, 4.69) is 17.4 Å². The number of nitrogens with one attached hydrogen (secondary N) is 1. The van der Waals surface area contributed by atoms with E-state index in [0.29, 0.717) is 11.6 Å². The highest BCUT2D eigenvalue weighted by Crippen LogP contribution is 2.29. The Morgan fingerprint density at radius 1 is 1.20 bits per heavy atom. The minimum absolute atomic E-state index is 0.0928. The Hall–Kier alpha value is -2.11. The highest BCUT2D eigenvalue weighted by atomic mass is 19.1. The molecule has 25 heavy (non-hydrogen) atoms. The highest BCUT2D eigenvalue weighted by Gasteiger charge is 2.30. The number of halogens is 1. The third-order valence-corrected chi connectivity index (χ3v) is 4.91. The molecule has 0 aromatic heterocycles. The fourth-order valence-corrected chi connectivity index (χ4v) is 3.40. The monoisotopic (exact) mass is 345 g/mol. The van der Waals surface area contributed by atoms with Gasteiger partial charge in [-0.15, -0.1) is 0 Å². The van der Waals surface area contributed by atoms with Gasteiger partial charge in [0.25, 0.3) is 0 Å². The molecule has 0 bridgehead atoms. The van der Waals surface area contributed by atoms with Gasteiger partial charge in [0.1, 0.15) is 5.75 Å². The first kappa shape index (κ1) is 17.7. The highest BCUT2D eigenvalue weighted by molar-refractivity contribution is 5.30. The number of aromatic hydroxyl groups is 1. The first-order valence-electron chi connectivity index (χ1n) is 8.62. The zero-order valence-electron chi connectivity index (χ0n) is 14.3. The van der Waals surface area contributed by atoms with Gasteiger partial charge in [0, 0.05) is 12.1 Å². The second-order valence-corrected chi connectivity index (χ2v) is 6.59. The molecule has 2 aromatic rings. The van der Waals surface area contributed by atoms with Crippen LogP contribution in [0.2, 0.25) is 0 Å². The van der Waals surface area contributed by atoms with E-state index in [4.69, 9.17) is 4.74 Å². The van der Waals surface area contributed by atoms with Crippen LogP contribution in [0.15, 0.2) is 42.5 Å². The Morgan fingerprint density at radius 3 is 2.64 bits per heavy atom. The molecule has 0 radical (unpaired) electrons. The molecule has 3 atom stereocenters. The normalized spacial score (nSPS) is 21.2. The molecule has 3 rings (SSSR count). The SMILES string of the molecule is COc1ccc(CCC2CCC(C(O)c3ccc(O)c(F)c3)N2)cc1. The summed E-state index contributed by atoms with van der Waals surface area (Å²) in [4.78, 5) is 0. The van der Waals surface area contributed by atoms with Crippen LogP contribution >= 0.6 is 0 Å². The zero-order valence-corrected chi connectivity index (χ0v) is 14.3. The molecule has 134 valence electrons. The van der Waals surface area contributed by atoms with Crippen LogP contribution in [0.1, 0.15) is 36.5 Å². The molecule has 1 fully saturated rings. The van der Waals surface area contributed by atoms with E-state index >= 15 is 0 Å². The number of aliphatic hydroxyl groups excluding tert-OH is 1. The summed E-state index contributed by atoms with van der Waals surface area (Å²) >= 11 is 0. The Kier molecular flexibility index (Phi) is 5.56. The Labute approximate surface area is 147 Å². The maximum absolute atomic E-state index is 13.5. The fourth-order valence-electron chi connectivity index (χ4n) is 3.40. The van der Waals surface area contributed by atoms with E-state index in [1.165, 1.54) is 17.7 Å². The lowest BCUT2D eigenvalue weighted by molar-refractivity contribution is 0.134. The second-order valence-electron chi connectivity index (χ2n) is 6.59. The predicted molar refractivity (Wildman–Crippen MR) is 94.3 cm³/mol. The van der Waals surface area contributed by atoms with Crippen molar-refractivity contribution in [3.05, 3.63) is 59.4 Å². The van der Waals surface area contributed by atoms with E-state index in [1.807, 2.05) is 12.1 Å². The summed E-state index contributed by atoms with van der Waals surface area (Å²) in [6.07, 6.45) is 2.99. The van der Waals surface area contributed by atoms with Crippen molar-refractivity contribution in [2.45, 2.75) is 43.9 Å². The summed E-state index contributed by atoms with van der Waals surface area (Å²) in [6.45, 7) is 0. The van der Waals surface area contributed by atoms with E-state index in [1.54, 1.807) is 13.2 Å². The van der Waals surface area contributed by atoms with Gasteiger partial charge in [-0.25, -0.2) is 4.39 Å². The van der Waals surface area contributed by atoms with Gasteiger partial charge >= 0.3 is 0 Å². The minimum Gasteiger partial charge on any atom is -0.505 e. The molecule has 0 aliphatic carbocycles. The van der Waals surface area contributed by atoms with Gasteiger partial charge in [-0.05, 0) is 61.1 Å². The number of aliphatic hydroxyl groups is 1. The van der Waals surface area contributed by atoms with Crippen molar-refractivity contribution in [3.63, 3.8) is 0 Å². The first-order chi connectivity index (χ1) is 12.1. The van der Waals surface area contributed by atoms with Crippen molar-refractivity contribution < 1.29 is 19.3 Å². The van der Waals surface area contributed by atoms with Crippen LogP contribution in [0.3, 0.4) is 0 Å². The van der Waals surface area contributed by atoms with E-state index in [-0.39, 0.29) is 6.04 Å². The fraction of sp³-hybridized carbons (Fsp3) is 0.400. The van der Waals surface area contributed by atoms with Crippen molar-refractivity contribution in [3.8, 4) is 11.5 Å². The second kappa shape index (κ2) is 7.85. The topological polar surface area (TPSA) is 61.7 Å². The lowest BCUT2D eigenvalue weighted by atomic mass is 10.0. The zero-order chi connectivity index (χ0) is 17.8. The molecule has 0 spiro atoms. The average Bonchev–Trinajstić information content (AvgIpc) is 3.11. The smallest absolute Gasteiger partial charge is 0.165 e. The minimum atomic E-state index is -0.777. The van der Waals surface area contributed by atoms with Gasteiger partial charge in [-0.1, -0.05) is 18.2 Å². The van der Waals surface area contributed by atoms with Gasteiger partial charge in [0.15, 0.2) is 11.6 Å². The van der Waals surface area contributed by atoms with Gasteiger partial charge < -0.3 is 20.3 Å². The molecule has 1 saturated heterocycles. The molecule has 4 nitrogen and oxygen atoms in total. The number of rotatable bonds is 6. The third-order valence-electron chi connectivity index (χ3n) is 4.91. The van der Waals surface area contributed by atoms with Crippen LogP contribution < -0.4 is 10.1 Å². The van der Waals surface area contributed by atoms with Crippen LogP contribution in [-0.2, 0) is 6.42 Å². The first-order valence-corrected chi connectivity index (χ1v) is 8.62. The lowest BCUT2D eigenvalue weighted by Gasteiger charge is -2.20. The molecule has 3 N–H and O–H groups in total. The standard InChI is InChI=1S/C20H24FNO3/c1-25-16-8-3-13(4-9-16)2-6-15-7-10-18(22-15)20(24)14-5-11-19(23)17(21)12-14/h3-5,8-9,11-12,15,18,20,22-24H,2,6-7,10H2,1H3. The van der Waals surface area contributed by atoms with Crippen LogP contribution in [0.4, 0.5) is 4.39 Å². The van der Waals surface area contributed by atoms with Gasteiger partial charge in [-0.3, -0.25) is 0 Å². The third kappa shape index (κ3) is 4.30. The summed E-state index contributed by atoms with van der Waals surface area (Å²) < 4.78 is 18.6. The molecule has 2 aromatic carbocycles. The van der Waals surface area contributed by atoms with Gasteiger partial charge in [0.05, 0.1) is 13.2 Å². The largest absolute Gasteiger partial charge is 0.505 e. The molecule has 0 saturated carbocycles. The molecular formula is C20H24FNO3. The number of hydrogen-bond acceptors (Lipinski definition) is 4. The van der Waals surface area contributed by atoms with Crippen molar-refractivity contribution in [2.75, 3.05) is 7.11 Å². The number of phenols is 1. The predicted octanol–water partition coefficient (Wildman–Crippen LogP) is 3.33. The van der Waals surface area contributed by atoms with Crippen molar-refractivity contribution >= 4 is 0 Å². The summed E-state index contributed by atoms with van der Waals surface area (Å²) in [5.41, 5.74) is 1.75. The van der Waals surface area contributed by atoms with Crippen molar-refractivity contribution in [1.29, 1.82) is 0 Å². The van der Waals surface area contributed by atoms with Crippen LogP contribution in [0, 0.1) is 5.82 Å². The number of aryl methyl sites for hydroxylation is 1. The van der Waals surface area contributed by atoms with Gasteiger partial charge in [-0.2, -0.15) is 0 Å². The molecule has 1 heterocycles. The molecule has 1 aliphatic heterocycles. The molecule has 5 heteroatoms. The Bertz CT molecular complexity index is 705. The van der Waals surface area contributed by atoms with E-state index in [0.717, 1.165) is 31.4 Å². The number of hydrogen-bond donors (Lipinski definition) is 3. The molecule has 1 aliphatic rings. The molecular weight excluding hydrogens is 321 g/mol. The van der Waals surface area contributed by atoms with Crippen LogP contribution in [0.25, 0.3) is 0 Å². The summed E-state index contributed by atoms with van der Waals surface area (Å²) in [7, 11) is 1.66. The van der Waals surface area contributed by atoms with Gasteiger partial charge in [0.2, 0.25) is 0 Å². The van der Waals surface area contributed by atoms with Crippen molar-refractivity contribution in [2.24, 2.45) is 0 Å². The quantitative estimate of drug-likeness (QED) is 0.752. The summed E-state index contributed by atoms with van der Waals surface area (Å²) in [5, 5.41) is 23.2. The summed E-state index contributed by atoms with van der Waals surface area (Å²) in [5.74, 6) is -0.245. The van der Waals surface area contributed by atoms with Crippen molar-refractivity contribution in [1.82, 2.24) is 5.32 Å².